The van der Waals surface area contributed by atoms with Crippen LogP contribution in [0.3, 0.4) is 0 Å². The SMILES string of the molecule is Cc1cccc(P(C)c2cccc(C)c2C)c1C. The topological polar surface area (TPSA) is 0 Å². The molecule has 0 spiro atoms. The van der Waals surface area contributed by atoms with Gasteiger partial charge in [-0.05, 0) is 75.1 Å². The van der Waals surface area contributed by atoms with Crippen molar-refractivity contribution in [2.24, 2.45) is 0 Å². The molecule has 2 aromatic rings. The maximum Gasteiger partial charge on any atom is -0.0166 e. The molecule has 0 amide bonds. The lowest BCUT2D eigenvalue weighted by molar-refractivity contribution is 1.36. The van der Waals surface area contributed by atoms with Gasteiger partial charge in [-0.1, -0.05) is 36.4 Å². The molecule has 0 aliphatic rings. The number of hydrogen-bond acceptors (Lipinski definition) is 0. The standard InChI is InChI=1S/C17H21P/c1-12-8-6-10-16(14(12)3)18(5)17-11-7-9-13(2)15(17)4/h6-11H,1-5H3. The molecule has 0 bridgehead atoms. The van der Waals surface area contributed by atoms with E-state index in [4.69, 9.17) is 0 Å². The van der Waals surface area contributed by atoms with Crippen LogP contribution in [0.4, 0.5) is 0 Å². The Morgan fingerprint density at radius 2 is 1.06 bits per heavy atom. The zero-order valence-corrected chi connectivity index (χ0v) is 12.8. The van der Waals surface area contributed by atoms with Gasteiger partial charge in [-0.15, -0.1) is 0 Å². The number of aryl methyl sites for hydroxylation is 2. The normalized spacial score (nSPS) is 11.0. The predicted octanol–water partition coefficient (Wildman–Crippen LogP) is 3.98. The molecule has 0 radical (unpaired) electrons. The molecule has 0 aliphatic carbocycles. The van der Waals surface area contributed by atoms with Crippen molar-refractivity contribution < 1.29 is 0 Å². The molecule has 0 fully saturated rings. The Labute approximate surface area is 112 Å². The Bertz CT molecular complexity index is 518. The fourth-order valence-corrected chi connectivity index (χ4v) is 4.57. The summed E-state index contributed by atoms with van der Waals surface area (Å²) < 4.78 is 0. The lowest BCUT2D eigenvalue weighted by atomic mass is 10.1. The van der Waals surface area contributed by atoms with Crippen LogP contribution in [0.15, 0.2) is 36.4 Å². The Balaban J connectivity index is 2.51. The minimum absolute atomic E-state index is 0.245. The van der Waals surface area contributed by atoms with Crippen molar-refractivity contribution in [2.75, 3.05) is 6.66 Å². The van der Waals surface area contributed by atoms with E-state index in [0.717, 1.165) is 0 Å². The molecular weight excluding hydrogens is 235 g/mol. The van der Waals surface area contributed by atoms with E-state index in [1.54, 1.807) is 0 Å². The van der Waals surface area contributed by atoms with Crippen molar-refractivity contribution in [1.29, 1.82) is 0 Å². The van der Waals surface area contributed by atoms with E-state index >= 15 is 0 Å². The Morgan fingerprint density at radius 1 is 0.667 bits per heavy atom. The van der Waals surface area contributed by atoms with E-state index in [-0.39, 0.29) is 7.92 Å². The van der Waals surface area contributed by atoms with Crippen molar-refractivity contribution in [3.8, 4) is 0 Å². The molecule has 0 saturated carbocycles. The molecule has 0 N–H and O–H groups in total. The van der Waals surface area contributed by atoms with Crippen molar-refractivity contribution in [2.45, 2.75) is 27.7 Å². The Hall–Kier alpha value is -1.13. The van der Waals surface area contributed by atoms with Crippen LogP contribution in [0, 0.1) is 27.7 Å². The summed E-state index contributed by atoms with van der Waals surface area (Å²) in [5.41, 5.74) is 5.69. The highest BCUT2D eigenvalue weighted by Gasteiger charge is 2.13. The summed E-state index contributed by atoms with van der Waals surface area (Å²) in [5, 5.41) is 3.03. The van der Waals surface area contributed by atoms with Gasteiger partial charge in [0.15, 0.2) is 0 Å². The third-order valence-corrected chi connectivity index (χ3v) is 6.29. The second kappa shape index (κ2) is 5.24. The van der Waals surface area contributed by atoms with Crippen LogP contribution in [0.1, 0.15) is 22.3 Å². The second-order valence-electron chi connectivity index (χ2n) is 5.00. The maximum absolute atomic E-state index is 2.37. The van der Waals surface area contributed by atoms with Gasteiger partial charge < -0.3 is 0 Å². The molecule has 0 heterocycles. The summed E-state index contributed by atoms with van der Waals surface area (Å²) in [6.45, 7) is 11.3. The highest BCUT2D eigenvalue weighted by molar-refractivity contribution is 7.72. The van der Waals surface area contributed by atoms with Crippen molar-refractivity contribution >= 4 is 18.5 Å². The first kappa shape index (κ1) is 13.3. The molecular formula is C17H21P. The zero-order chi connectivity index (χ0) is 13.3. The summed E-state index contributed by atoms with van der Waals surface area (Å²) in [5.74, 6) is 0. The van der Waals surface area contributed by atoms with Crippen molar-refractivity contribution in [1.82, 2.24) is 0 Å². The molecule has 0 nitrogen and oxygen atoms in total. The Morgan fingerprint density at radius 3 is 1.44 bits per heavy atom. The molecule has 94 valence electrons. The van der Waals surface area contributed by atoms with Gasteiger partial charge in [-0.25, -0.2) is 0 Å². The van der Waals surface area contributed by atoms with Crippen LogP contribution in [-0.4, -0.2) is 6.66 Å². The molecule has 0 aliphatic heterocycles. The van der Waals surface area contributed by atoms with Crippen LogP contribution in [-0.2, 0) is 0 Å². The lowest BCUT2D eigenvalue weighted by Crippen LogP contribution is -2.17. The lowest BCUT2D eigenvalue weighted by Gasteiger charge is -2.20. The van der Waals surface area contributed by atoms with Gasteiger partial charge in [0.2, 0.25) is 0 Å². The molecule has 0 aromatic heterocycles. The third kappa shape index (κ3) is 2.35. The quantitative estimate of drug-likeness (QED) is 0.713. The average molecular weight is 256 g/mol. The van der Waals surface area contributed by atoms with Crippen LogP contribution < -0.4 is 10.6 Å². The zero-order valence-electron chi connectivity index (χ0n) is 11.9. The second-order valence-corrected chi connectivity index (χ2v) is 7.08. The van der Waals surface area contributed by atoms with Gasteiger partial charge in [0, 0.05) is 0 Å². The summed E-state index contributed by atoms with van der Waals surface area (Å²) in [7, 11) is -0.245. The van der Waals surface area contributed by atoms with Gasteiger partial charge >= 0.3 is 0 Å². The van der Waals surface area contributed by atoms with Crippen LogP contribution in [0.2, 0.25) is 0 Å². The van der Waals surface area contributed by atoms with Crippen LogP contribution in [0.25, 0.3) is 0 Å². The number of hydrogen-bond donors (Lipinski definition) is 0. The fraction of sp³-hybridized carbons (Fsp3) is 0.294. The van der Waals surface area contributed by atoms with E-state index in [2.05, 4.69) is 70.8 Å². The predicted molar refractivity (Wildman–Crippen MR) is 83.9 cm³/mol. The van der Waals surface area contributed by atoms with Gasteiger partial charge in [0.1, 0.15) is 0 Å². The third-order valence-electron chi connectivity index (χ3n) is 3.87. The first-order valence-corrected chi connectivity index (χ1v) is 8.17. The smallest absolute Gasteiger partial charge is 0.0166 e. The van der Waals surface area contributed by atoms with Gasteiger partial charge in [0.05, 0.1) is 0 Å². The van der Waals surface area contributed by atoms with Crippen LogP contribution >= 0.6 is 7.92 Å². The molecule has 18 heavy (non-hydrogen) atoms. The average Bonchev–Trinajstić information content (AvgIpc) is 2.35. The Kier molecular flexibility index (Phi) is 3.88. The molecule has 2 aromatic carbocycles. The molecule has 0 atom stereocenters. The molecule has 1 heteroatoms. The minimum atomic E-state index is -0.245. The first-order chi connectivity index (χ1) is 8.52. The van der Waals surface area contributed by atoms with Crippen molar-refractivity contribution in [3.05, 3.63) is 58.7 Å². The molecule has 2 rings (SSSR count). The van der Waals surface area contributed by atoms with E-state index < -0.39 is 0 Å². The van der Waals surface area contributed by atoms with E-state index in [1.807, 2.05) is 0 Å². The van der Waals surface area contributed by atoms with Crippen molar-refractivity contribution in [3.63, 3.8) is 0 Å². The monoisotopic (exact) mass is 256 g/mol. The number of benzene rings is 2. The maximum atomic E-state index is 2.37. The summed E-state index contributed by atoms with van der Waals surface area (Å²) >= 11 is 0. The largest absolute Gasteiger partial charge is 0.0613 e. The number of rotatable bonds is 2. The highest BCUT2D eigenvalue weighted by Crippen LogP contribution is 2.32. The fourth-order valence-electron chi connectivity index (χ4n) is 2.33. The van der Waals surface area contributed by atoms with Gasteiger partial charge in [-0.2, -0.15) is 0 Å². The van der Waals surface area contributed by atoms with Gasteiger partial charge in [-0.3, -0.25) is 0 Å². The molecule has 0 saturated heterocycles. The summed E-state index contributed by atoms with van der Waals surface area (Å²) in [4.78, 5) is 0. The van der Waals surface area contributed by atoms with E-state index in [9.17, 15) is 0 Å². The van der Waals surface area contributed by atoms with Crippen LogP contribution in [0.5, 0.6) is 0 Å². The van der Waals surface area contributed by atoms with E-state index in [1.165, 1.54) is 32.9 Å². The molecule has 0 unspecified atom stereocenters. The first-order valence-electron chi connectivity index (χ1n) is 6.38. The van der Waals surface area contributed by atoms with E-state index in [0.29, 0.717) is 0 Å². The highest BCUT2D eigenvalue weighted by atomic mass is 31.1. The van der Waals surface area contributed by atoms with Gasteiger partial charge in [0.25, 0.3) is 0 Å². The summed E-state index contributed by atoms with van der Waals surface area (Å²) in [6, 6.07) is 13.3. The summed E-state index contributed by atoms with van der Waals surface area (Å²) in [6.07, 6.45) is 0. The minimum Gasteiger partial charge on any atom is -0.0613 e.